The van der Waals surface area contributed by atoms with Crippen LogP contribution in [-0.4, -0.2) is 22.5 Å². The number of hydrogen-bond acceptors (Lipinski definition) is 6. The molecule has 2 aromatic heterocycles. The lowest BCUT2D eigenvalue weighted by Gasteiger charge is -2.19. The van der Waals surface area contributed by atoms with Gasteiger partial charge in [0, 0.05) is 5.69 Å². The van der Waals surface area contributed by atoms with E-state index in [1.54, 1.807) is 6.92 Å². The maximum absolute atomic E-state index is 12.2. The second kappa shape index (κ2) is 7.03. The molecule has 0 aliphatic heterocycles. The predicted octanol–water partition coefficient (Wildman–Crippen LogP) is 5.22. The van der Waals surface area contributed by atoms with E-state index < -0.39 is 0 Å². The molecule has 0 saturated heterocycles. The number of carbonyl (C=O) groups is 1. The molecule has 0 aliphatic rings. The van der Waals surface area contributed by atoms with E-state index in [2.05, 4.69) is 48.2 Å². The van der Waals surface area contributed by atoms with Crippen LogP contribution in [0.5, 0.6) is 0 Å². The summed E-state index contributed by atoms with van der Waals surface area (Å²) in [5.41, 5.74) is 3.17. The average Bonchev–Trinajstić information content (AvgIpc) is 2.93. The molecule has 0 radical (unpaired) electrons. The van der Waals surface area contributed by atoms with Crippen LogP contribution in [-0.2, 0) is 10.2 Å². The van der Waals surface area contributed by atoms with E-state index >= 15 is 0 Å². The van der Waals surface area contributed by atoms with Gasteiger partial charge < -0.3 is 10.1 Å². The van der Waals surface area contributed by atoms with Crippen LogP contribution in [0.2, 0.25) is 0 Å². The summed E-state index contributed by atoms with van der Waals surface area (Å²) in [7, 11) is 0. The molecule has 0 spiro atoms. The Morgan fingerprint density at radius 3 is 2.50 bits per heavy atom. The van der Waals surface area contributed by atoms with Crippen LogP contribution in [0.15, 0.2) is 30.6 Å². The Kier molecular flexibility index (Phi) is 4.96. The molecule has 0 saturated carbocycles. The van der Waals surface area contributed by atoms with Crippen LogP contribution >= 0.6 is 11.3 Å². The molecule has 136 valence electrons. The molecule has 3 rings (SSSR count). The Morgan fingerprint density at radius 1 is 1.19 bits per heavy atom. The molecule has 0 fully saturated rings. The third kappa shape index (κ3) is 3.55. The van der Waals surface area contributed by atoms with Crippen molar-refractivity contribution < 1.29 is 9.53 Å². The number of nitrogens with zero attached hydrogens (tertiary/aromatic N) is 2. The van der Waals surface area contributed by atoms with Gasteiger partial charge in [0.05, 0.1) is 12.0 Å². The van der Waals surface area contributed by atoms with Gasteiger partial charge in [-0.2, -0.15) is 0 Å². The zero-order chi connectivity index (χ0) is 18.9. The van der Waals surface area contributed by atoms with Crippen LogP contribution in [0, 0.1) is 6.92 Å². The van der Waals surface area contributed by atoms with Gasteiger partial charge in [-0.1, -0.05) is 32.9 Å². The Labute approximate surface area is 157 Å². The summed E-state index contributed by atoms with van der Waals surface area (Å²) in [5, 5.41) is 4.22. The Morgan fingerprint density at radius 2 is 1.88 bits per heavy atom. The summed E-state index contributed by atoms with van der Waals surface area (Å²) in [6.07, 6.45) is 1.51. The summed E-state index contributed by atoms with van der Waals surface area (Å²) < 4.78 is 5.14. The molecule has 2 heterocycles. The lowest BCUT2D eigenvalue weighted by molar-refractivity contribution is 0.0531. The van der Waals surface area contributed by atoms with Gasteiger partial charge in [-0.05, 0) is 42.5 Å². The number of carbonyl (C=O) groups excluding carboxylic acids is 1. The van der Waals surface area contributed by atoms with Gasteiger partial charge in [-0.25, -0.2) is 14.8 Å². The predicted molar refractivity (Wildman–Crippen MR) is 107 cm³/mol. The number of aromatic nitrogens is 2. The minimum atomic E-state index is -0.312. The molecule has 3 aromatic rings. The van der Waals surface area contributed by atoms with Gasteiger partial charge in [0.1, 0.15) is 21.9 Å². The minimum Gasteiger partial charge on any atom is -0.462 e. The van der Waals surface area contributed by atoms with Crippen LogP contribution in [0.3, 0.4) is 0 Å². The lowest BCUT2D eigenvalue weighted by Crippen LogP contribution is -2.10. The molecular weight excluding hydrogens is 346 g/mol. The van der Waals surface area contributed by atoms with Gasteiger partial charge in [0.2, 0.25) is 0 Å². The molecule has 26 heavy (non-hydrogen) atoms. The quantitative estimate of drug-likeness (QED) is 0.639. The fourth-order valence-electron chi connectivity index (χ4n) is 2.75. The highest BCUT2D eigenvalue weighted by molar-refractivity contribution is 7.20. The SMILES string of the molecule is CCOC(=O)c1sc2ncnc(Nc3ccc(C(C)(C)C)cc3)c2c1C. The fourth-order valence-corrected chi connectivity index (χ4v) is 3.79. The average molecular weight is 369 g/mol. The first-order valence-corrected chi connectivity index (χ1v) is 9.41. The Balaban J connectivity index is 1.97. The highest BCUT2D eigenvalue weighted by Crippen LogP contribution is 2.35. The van der Waals surface area contributed by atoms with Crippen molar-refractivity contribution in [3.8, 4) is 0 Å². The molecule has 0 unspecified atom stereocenters. The zero-order valence-corrected chi connectivity index (χ0v) is 16.5. The van der Waals surface area contributed by atoms with E-state index in [-0.39, 0.29) is 11.4 Å². The van der Waals surface area contributed by atoms with E-state index in [1.807, 2.05) is 19.1 Å². The molecule has 6 heteroatoms. The highest BCUT2D eigenvalue weighted by atomic mass is 32.1. The van der Waals surface area contributed by atoms with Gasteiger partial charge >= 0.3 is 5.97 Å². The molecular formula is C20H23N3O2S. The van der Waals surface area contributed by atoms with E-state index in [1.165, 1.54) is 23.2 Å². The first-order chi connectivity index (χ1) is 12.3. The maximum atomic E-state index is 12.2. The second-order valence-corrected chi connectivity index (χ2v) is 8.13. The monoisotopic (exact) mass is 369 g/mol. The van der Waals surface area contributed by atoms with E-state index in [4.69, 9.17) is 4.74 Å². The number of fused-ring (bicyclic) bond motifs is 1. The number of benzene rings is 1. The van der Waals surface area contributed by atoms with Crippen LogP contribution < -0.4 is 5.32 Å². The highest BCUT2D eigenvalue weighted by Gasteiger charge is 2.20. The molecule has 0 aliphatic carbocycles. The maximum Gasteiger partial charge on any atom is 0.348 e. The molecule has 1 N–H and O–H groups in total. The van der Waals surface area contributed by atoms with E-state index in [0.717, 1.165) is 21.5 Å². The Hall–Kier alpha value is -2.47. The normalized spacial score (nSPS) is 11.6. The molecule has 0 amide bonds. The van der Waals surface area contributed by atoms with Crippen molar-refractivity contribution in [2.75, 3.05) is 11.9 Å². The number of aryl methyl sites for hydroxylation is 1. The van der Waals surface area contributed by atoms with Gasteiger partial charge in [-0.15, -0.1) is 11.3 Å². The van der Waals surface area contributed by atoms with Gasteiger partial charge in [0.25, 0.3) is 0 Å². The van der Waals surface area contributed by atoms with Crippen molar-refractivity contribution in [1.29, 1.82) is 0 Å². The molecule has 5 nitrogen and oxygen atoms in total. The number of esters is 1. The summed E-state index contributed by atoms with van der Waals surface area (Å²) in [6, 6.07) is 8.32. The number of anilines is 2. The minimum absolute atomic E-state index is 0.110. The lowest BCUT2D eigenvalue weighted by atomic mass is 9.87. The van der Waals surface area contributed by atoms with E-state index in [0.29, 0.717) is 17.3 Å². The summed E-state index contributed by atoms with van der Waals surface area (Å²) in [5.74, 6) is 0.385. The van der Waals surface area contributed by atoms with Crippen molar-refractivity contribution in [3.05, 3.63) is 46.6 Å². The number of hydrogen-bond donors (Lipinski definition) is 1. The molecule has 0 atom stereocenters. The number of ether oxygens (including phenoxy) is 1. The van der Waals surface area contributed by atoms with E-state index in [9.17, 15) is 4.79 Å². The van der Waals surface area contributed by atoms with Crippen molar-refractivity contribution in [2.24, 2.45) is 0 Å². The summed E-state index contributed by atoms with van der Waals surface area (Å²) in [6.45, 7) is 10.6. The van der Waals surface area contributed by atoms with Crippen LogP contribution in [0.25, 0.3) is 10.2 Å². The standard InChI is InChI=1S/C20H23N3O2S/c1-6-25-19(24)16-12(2)15-17(21-11-22-18(15)26-16)23-14-9-7-13(8-10-14)20(3,4)5/h7-11H,6H2,1-5H3,(H,21,22,23). The fraction of sp³-hybridized carbons (Fsp3) is 0.350. The van der Waals surface area contributed by atoms with Crippen molar-refractivity contribution in [2.45, 2.75) is 40.0 Å². The summed E-state index contributed by atoms with van der Waals surface area (Å²) in [4.78, 5) is 22.2. The topological polar surface area (TPSA) is 64.1 Å². The Bertz CT molecular complexity index is 940. The van der Waals surface area contributed by atoms with Gasteiger partial charge in [-0.3, -0.25) is 0 Å². The first kappa shape index (κ1) is 18.3. The second-order valence-electron chi connectivity index (χ2n) is 7.13. The van der Waals surface area contributed by atoms with Crippen molar-refractivity contribution >= 4 is 39.0 Å². The van der Waals surface area contributed by atoms with Gasteiger partial charge in [0.15, 0.2) is 0 Å². The van der Waals surface area contributed by atoms with Crippen LogP contribution in [0.4, 0.5) is 11.5 Å². The zero-order valence-electron chi connectivity index (χ0n) is 15.7. The summed E-state index contributed by atoms with van der Waals surface area (Å²) >= 11 is 1.34. The smallest absolute Gasteiger partial charge is 0.348 e. The van der Waals surface area contributed by atoms with Crippen molar-refractivity contribution in [1.82, 2.24) is 9.97 Å². The third-order valence-corrected chi connectivity index (χ3v) is 5.38. The van der Waals surface area contributed by atoms with Crippen LogP contribution in [0.1, 0.15) is 48.5 Å². The third-order valence-electron chi connectivity index (χ3n) is 4.20. The molecule has 0 bridgehead atoms. The number of rotatable bonds is 4. The number of thiophene rings is 1. The largest absolute Gasteiger partial charge is 0.462 e. The van der Waals surface area contributed by atoms with Crippen molar-refractivity contribution in [3.63, 3.8) is 0 Å². The number of nitrogens with one attached hydrogen (secondary N) is 1. The first-order valence-electron chi connectivity index (χ1n) is 8.60. The molecule has 1 aromatic carbocycles.